The zero-order valence-electron chi connectivity index (χ0n) is 24.9. The van der Waals surface area contributed by atoms with E-state index in [1.54, 1.807) is 0 Å². The Balaban J connectivity index is 0.915. The topological polar surface area (TPSA) is 98.2 Å². The number of alkyl halides is 2. The molecule has 230 valence electrons. The van der Waals surface area contributed by atoms with Gasteiger partial charge in [0.15, 0.2) is 5.82 Å². The van der Waals surface area contributed by atoms with Gasteiger partial charge in [0.2, 0.25) is 23.5 Å². The molecule has 8 nitrogen and oxygen atoms in total. The Morgan fingerprint density at radius 1 is 0.818 bits per heavy atom. The minimum atomic E-state index is -1.04. The van der Waals surface area contributed by atoms with Gasteiger partial charge in [-0.2, -0.15) is 9.97 Å². The van der Waals surface area contributed by atoms with Gasteiger partial charge in [-0.25, -0.2) is 8.78 Å². The van der Waals surface area contributed by atoms with Crippen LogP contribution >= 0.6 is 0 Å². The number of fused-ring (bicyclic) bond motifs is 3. The van der Waals surface area contributed by atoms with E-state index in [0.717, 1.165) is 74.3 Å². The van der Waals surface area contributed by atoms with Crippen LogP contribution in [0.1, 0.15) is 120 Å². The van der Waals surface area contributed by atoms with Crippen molar-refractivity contribution in [3.05, 3.63) is 41.9 Å². The van der Waals surface area contributed by atoms with Crippen molar-refractivity contribution >= 4 is 11.6 Å². The molecule has 0 saturated heterocycles. The van der Waals surface area contributed by atoms with E-state index >= 15 is 0 Å². The number of aromatic nitrogens is 4. The first-order valence-corrected chi connectivity index (χ1v) is 16.6. The molecule has 0 N–H and O–H groups in total. The molecule has 10 aliphatic carbocycles. The van der Waals surface area contributed by atoms with Crippen molar-refractivity contribution in [2.75, 3.05) is 11.4 Å². The van der Waals surface area contributed by atoms with Crippen molar-refractivity contribution in [3.63, 3.8) is 0 Å². The van der Waals surface area contributed by atoms with Crippen molar-refractivity contribution in [2.24, 2.45) is 10.8 Å². The Hall–Kier alpha value is -3.17. The number of hydrogen-bond donors (Lipinski definition) is 0. The number of nitrogens with zero attached hydrogens (tertiary/aromatic N) is 5. The van der Waals surface area contributed by atoms with Crippen LogP contribution < -0.4 is 4.90 Å². The molecule has 6 bridgehead atoms. The van der Waals surface area contributed by atoms with Crippen molar-refractivity contribution in [1.82, 2.24) is 20.3 Å². The Morgan fingerprint density at radius 3 is 2.14 bits per heavy atom. The normalized spacial score (nSPS) is 40.9. The molecule has 10 heteroatoms. The Kier molecular flexibility index (Phi) is 4.83. The average molecular weight is 602 g/mol. The zero-order valence-corrected chi connectivity index (χ0v) is 24.9. The summed E-state index contributed by atoms with van der Waals surface area (Å²) in [5.74, 6) is 3.23. The lowest BCUT2D eigenvalue weighted by atomic mass is 9.41. The van der Waals surface area contributed by atoms with Gasteiger partial charge >= 0.3 is 0 Å². The molecular formula is C34H37F2N5O3. The third-order valence-corrected chi connectivity index (χ3v) is 12.9. The molecule has 1 aromatic carbocycles. The first-order valence-electron chi connectivity index (χ1n) is 16.6. The summed E-state index contributed by atoms with van der Waals surface area (Å²) in [6.07, 6.45) is 11.6. The lowest BCUT2D eigenvalue weighted by molar-refractivity contribution is -0.215. The van der Waals surface area contributed by atoms with Crippen LogP contribution in [-0.2, 0) is 15.6 Å². The van der Waals surface area contributed by atoms with Gasteiger partial charge in [-0.05, 0) is 113 Å². The summed E-state index contributed by atoms with van der Waals surface area (Å²) >= 11 is 0. The van der Waals surface area contributed by atoms with Crippen LogP contribution in [0.2, 0.25) is 0 Å². The fourth-order valence-electron chi connectivity index (χ4n) is 10.2. The minimum absolute atomic E-state index is 0.0132. The van der Waals surface area contributed by atoms with Crippen molar-refractivity contribution < 1.29 is 22.6 Å². The van der Waals surface area contributed by atoms with Crippen LogP contribution in [0.5, 0.6) is 0 Å². The van der Waals surface area contributed by atoms with Gasteiger partial charge in [-0.15, -0.1) is 0 Å². The Bertz CT molecular complexity index is 1650. The standard InChI is InChI=1S/C34H37F2N5O3/c35-33-14-30(15-33,16-33)13-24(42)41(20-29-6-9-31(10-7-29,11-8-29)27-37-25(39-43-27)21-4-5-21)23-3-1-2-22(12-23)26-38-28(44-40-26)32-17-34(36,18-32)19-32/h1-3,12,21H,4-11,13-20H2. The second kappa shape index (κ2) is 8.15. The number of carbonyl (C=O) groups excluding carboxylic acids is 1. The van der Waals surface area contributed by atoms with E-state index in [2.05, 4.69) is 15.3 Å². The number of amides is 1. The molecule has 44 heavy (non-hydrogen) atoms. The minimum Gasteiger partial charge on any atom is -0.339 e. The fraction of sp³-hybridized carbons (Fsp3) is 0.676. The monoisotopic (exact) mass is 601 g/mol. The summed E-state index contributed by atoms with van der Waals surface area (Å²) in [5.41, 5.74) is -0.993. The van der Waals surface area contributed by atoms with Crippen LogP contribution in [0, 0.1) is 10.8 Å². The SMILES string of the molecule is O=C(CC12CC(F)(C1)C2)N(CC12CCC(c3nc(C4CC4)no3)(CC1)CC2)c1cccc(-c2noc(C34CC(F)(C3)C4)n2)c1. The molecule has 0 aliphatic heterocycles. The number of hydrogen-bond acceptors (Lipinski definition) is 7. The third-order valence-electron chi connectivity index (χ3n) is 12.9. The molecule has 10 saturated carbocycles. The maximum absolute atomic E-state index is 14.4. The highest BCUT2D eigenvalue weighted by Crippen LogP contribution is 2.71. The highest BCUT2D eigenvalue weighted by Gasteiger charge is 2.72. The molecule has 0 unspecified atom stereocenters. The van der Waals surface area contributed by atoms with Crippen LogP contribution in [0.25, 0.3) is 11.4 Å². The fourth-order valence-corrected chi connectivity index (χ4v) is 10.2. The molecule has 2 heterocycles. The van der Waals surface area contributed by atoms with E-state index in [4.69, 9.17) is 14.0 Å². The molecule has 0 radical (unpaired) electrons. The van der Waals surface area contributed by atoms with E-state index < -0.39 is 11.3 Å². The summed E-state index contributed by atoms with van der Waals surface area (Å²) in [6.45, 7) is 0.637. The molecule has 0 spiro atoms. The van der Waals surface area contributed by atoms with Crippen molar-refractivity contribution in [3.8, 4) is 11.4 Å². The highest BCUT2D eigenvalue weighted by molar-refractivity contribution is 5.94. The van der Waals surface area contributed by atoms with Crippen molar-refractivity contribution in [1.29, 1.82) is 0 Å². The molecule has 2 aromatic heterocycles. The van der Waals surface area contributed by atoms with Gasteiger partial charge in [0.25, 0.3) is 0 Å². The molecule has 3 aromatic rings. The van der Waals surface area contributed by atoms with Crippen molar-refractivity contribution in [2.45, 2.75) is 124 Å². The maximum Gasteiger partial charge on any atom is 0.233 e. The number of carbonyl (C=O) groups is 1. The van der Waals surface area contributed by atoms with Gasteiger partial charge in [0.05, 0.1) is 5.41 Å². The third kappa shape index (κ3) is 3.68. The lowest BCUT2D eigenvalue weighted by Crippen LogP contribution is -2.67. The van der Waals surface area contributed by atoms with Gasteiger partial charge in [0, 0.05) is 35.5 Å². The largest absolute Gasteiger partial charge is 0.339 e. The number of anilines is 1. The van der Waals surface area contributed by atoms with Gasteiger partial charge in [-0.3, -0.25) is 4.79 Å². The molecule has 13 rings (SSSR count). The van der Waals surface area contributed by atoms with Gasteiger partial charge in [0.1, 0.15) is 11.3 Å². The summed E-state index contributed by atoms with van der Waals surface area (Å²) in [7, 11) is 0. The molecule has 1 amide bonds. The van der Waals surface area contributed by atoms with E-state index in [-0.39, 0.29) is 27.6 Å². The summed E-state index contributed by atoms with van der Waals surface area (Å²) < 4.78 is 40.0. The van der Waals surface area contributed by atoms with Crippen LogP contribution in [0.3, 0.4) is 0 Å². The quantitative estimate of drug-likeness (QED) is 0.259. The van der Waals surface area contributed by atoms with E-state index in [1.165, 1.54) is 0 Å². The lowest BCUT2D eigenvalue weighted by Gasteiger charge is -2.66. The average Bonchev–Trinajstić information content (AvgIpc) is 3.47. The van der Waals surface area contributed by atoms with Crippen LogP contribution in [-0.4, -0.2) is 44.1 Å². The molecule has 0 atom stereocenters. The number of rotatable bonds is 9. The van der Waals surface area contributed by atoms with E-state index in [0.29, 0.717) is 69.1 Å². The smallest absolute Gasteiger partial charge is 0.233 e. The first-order chi connectivity index (χ1) is 21.1. The van der Waals surface area contributed by atoms with Crippen LogP contribution in [0.15, 0.2) is 33.3 Å². The summed E-state index contributed by atoms with van der Waals surface area (Å²) in [5, 5.41) is 8.56. The van der Waals surface area contributed by atoms with Gasteiger partial charge < -0.3 is 13.9 Å². The Labute approximate surface area is 254 Å². The molecular weight excluding hydrogens is 564 g/mol. The Morgan fingerprint density at radius 2 is 1.48 bits per heavy atom. The summed E-state index contributed by atoms with van der Waals surface area (Å²) in [6, 6.07) is 7.84. The van der Waals surface area contributed by atoms with E-state index in [9.17, 15) is 13.6 Å². The first kappa shape index (κ1) is 26.1. The molecule has 10 fully saturated rings. The predicted octanol–water partition coefficient (Wildman–Crippen LogP) is 7.05. The second-order valence-corrected chi connectivity index (χ2v) is 16.3. The van der Waals surface area contributed by atoms with Crippen LogP contribution in [0.4, 0.5) is 14.5 Å². The number of halogens is 2. The summed E-state index contributed by atoms with van der Waals surface area (Å²) in [4.78, 5) is 25.6. The second-order valence-electron chi connectivity index (χ2n) is 16.3. The maximum atomic E-state index is 14.4. The highest BCUT2D eigenvalue weighted by atomic mass is 19.1. The zero-order chi connectivity index (χ0) is 29.6. The van der Waals surface area contributed by atoms with Gasteiger partial charge in [-0.1, -0.05) is 22.4 Å². The van der Waals surface area contributed by atoms with E-state index in [1.807, 2.05) is 29.2 Å². The predicted molar refractivity (Wildman–Crippen MR) is 154 cm³/mol. The molecule has 10 aliphatic rings. The number of benzene rings is 1.